The lowest BCUT2D eigenvalue weighted by Crippen LogP contribution is -2.35. The molecule has 0 aliphatic carbocycles. The Balaban J connectivity index is 1.63. The molecule has 3 rings (SSSR count). The van der Waals surface area contributed by atoms with Gasteiger partial charge in [0.1, 0.15) is 5.82 Å². The maximum atomic E-state index is 13.7. The van der Waals surface area contributed by atoms with Crippen LogP contribution < -0.4 is 14.9 Å². The minimum absolute atomic E-state index is 0.0432. The molecular weight excluding hydrogens is 469 g/mol. The van der Waals surface area contributed by atoms with Gasteiger partial charge in [0.25, 0.3) is 5.91 Å². The second-order valence-corrected chi connectivity index (χ2v) is 7.83. The lowest BCUT2D eigenvalue weighted by atomic mass is 10.1. The van der Waals surface area contributed by atoms with Crippen molar-refractivity contribution in [3.8, 4) is 0 Å². The van der Waals surface area contributed by atoms with E-state index in [0.717, 1.165) is 10.0 Å². The van der Waals surface area contributed by atoms with Crippen LogP contribution in [0.1, 0.15) is 28.9 Å². The number of anilines is 2. The number of nitrogens with one attached hydrogen (secondary N) is 2. The molecule has 0 fully saturated rings. The Kier molecular flexibility index (Phi) is 7.12. The van der Waals surface area contributed by atoms with Crippen LogP contribution in [0.15, 0.2) is 77.3 Å². The second-order valence-electron chi connectivity index (χ2n) is 6.52. The van der Waals surface area contributed by atoms with Gasteiger partial charge in [0.15, 0.2) is 0 Å². The minimum Gasteiger partial charge on any atom is -0.330 e. The highest BCUT2D eigenvalue weighted by Gasteiger charge is 2.16. The number of thiol groups is 1. The monoisotopic (exact) mass is 487 g/mol. The number of carbonyl (C=O) groups is 2. The largest absolute Gasteiger partial charge is 0.332 e. The molecule has 0 heterocycles. The topological polar surface area (TPSA) is 61.4 Å². The van der Waals surface area contributed by atoms with E-state index in [1.807, 2.05) is 31.2 Å². The van der Waals surface area contributed by atoms with Gasteiger partial charge in [-0.2, -0.15) is 0 Å². The van der Waals surface area contributed by atoms with Gasteiger partial charge in [-0.1, -0.05) is 53.0 Å². The van der Waals surface area contributed by atoms with Crippen LogP contribution in [0.4, 0.5) is 20.6 Å². The molecule has 0 saturated heterocycles. The molecule has 3 amide bonds. The molecule has 30 heavy (non-hydrogen) atoms. The van der Waals surface area contributed by atoms with E-state index < -0.39 is 17.8 Å². The van der Waals surface area contributed by atoms with Gasteiger partial charge < -0.3 is 10.6 Å². The summed E-state index contributed by atoms with van der Waals surface area (Å²) in [4.78, 5) is 24.7. The van der Waals surface area contributed by atoms with E-state index in [0.29, 0.717) is 11.4 Å². The summed E-state index contributed by atoms with van der Waals surface area (Å²) in [5.41, 5.74) is 1.89. The van der Waals surface area contributed by atoms with E-state index in [1.54, 1.807) is 30.3 Å². The zero-order valence-electron chi connectivity index (χ0n) is 16.0. The number of hydrogen-bond acceptors (Lipinski definition) is 3. The SMILES string of the molecule is CC(NC(=O)N(S)c1ccc(NC(=O)c2ccccc2F)cc1)c1cccc(Br)c1. The first-order chi connectivity index (χ1) is 14.3. The normalized spacial score (nSPS) is 11.5. The molecule has 0 aliphatic rings. The average molecular weight is 488 g/mol. The van der Waals surface area contributed by atoms with Crippen molar-refractivity contribution in [3.63, 3.8) is 0 Å². The predicted molar refractivity (Wildman–Crippen MR) is 123 cm³/mol. The highest BCUT2D eigenvalue weighted by molar-refractivity contribution is 9.10. The zero-order valence-corrected chi connectivity index (χ0v) is 18.5. The summed E-state index contributed by atoms with van der Waals surface area (Å²) in [6.07, 6.45) is 0. The van der Waals surface area contributed by atoms with Crippen molar-refractivity contribution in [2.45, 2.75) is 13.0 Å². The quantitative estimate of drug-likeness (QED) is 0.388. The van der Waals surface area contributed by atoms with E-state index in [-0.39, 0.29) is 11.6 Å². The Labute approximate surface area is 188 Å². The molecule has 0 aromatic heterocycles. The van der Waals surface area contributed by atoms with Crippen LogP contribution in [-0.4, -0.2) is 11.9 Å². The van der Waals surface area contributed by atoms with Crippen molar-refractivity contribution in [2.24, 2.45) is 0 Å². The van der Waals surface area contributed by atoms with Gasteiger partial charge in [0, 0.05) is 10.2 Å². The Morgan fingerprint density at radius 3 is 2.40 bits per heavy atom. The number of urea groups is 1. The zero-order chi connectivity index (χ0) is 21.7. The van der Waals surface area contributed by atoms with Crippen LogP contribution in [0.3, 0.4) is 0 Å². The predicted octanol–water partition coefficient (Wildman–Crippen LogP) is 5.96. The van der Waals surface area contributed by atoms with Crippen LogP contribution in [0, 0.1) is 5.82 Å². The summed E-state index contributed by atoms with van der Waals surface area (Å²) in [5, 5.41) is 5.50. The maximum Gasteiger partial charge on any atom is 0.332 e. The molecule has 3 aromatic rings. The number of carbonyl (C=O) groups excluding carboxylic acids is 2. The Bertz CT molecular complexity index is 1060. The van der Waals surface area contributed by atoms with Gasteiger partial charge in [-0.25, -0.2) is 13.5 Å². The smallest absolute Gasteiger partial charge is 0.330 e. The minimum atomic E-state index is -0.593. The molecule has 0 bridgehead atoms. The van der Waals surface area contributed by atoms with E-state index in [2.05, 4.69) is 39.4 Å². The Morgan fingerprint density at radius 1 is 1.03 bits per heavy atom. The molecular formula is C22H19BrFN3O2S. The van der Waals surface area contributed by atoms with Crippen LogP contribution in [-0.2, 0) is 0 Å². The molecule has 1 unspecified atom stereocenters. The highest BCUT2D eigenvalue weighted by atomic mass is 79.9. The van der Waals surface area contributed by atoms with Crippen LogP contribution in [0.5, 0.6) is 0 Å². The maximum absolute atomic E-state index is 13.7. The standard InChI is InChI=1S/C22H19BrFN3O2S/c1-14(15-5-4-6-16(23)13-15)25-22(29)27(30)18-11-9-17(10-12-18)26-21(28)19-7-2-3-8-20(19)24/h2-14,30H,1H3,(H,25,29)(H,26,28). The van der Waals surface area contributed by atoms with Gasteiger partial charge in [0.05, 0.1) is 17.3 Å². The first-order valence-corrected chi connectivity index (χ1v) is 10.3. The lowest BCUT2D eigenvalue weighted by Gasteiger charge is -2.21. The van der Waals surface area contributed by atoms with Gasteiger partial charge in [-0.05, 0) is 61.0 Å². The third kappa shape index (κ3) is 5.40. The van der Waals surface area contributed by atoms with Crippen molar-refractivity contribution in [1.29, 1.82) is 0 Å². The molecule has 5 nitrogen and oxygen atoms in total. The van der Waals surface area contributed by atoms with Gasteiger partial charge in [-0.15, -0.1) is 0 Å². The van der Waals surface area contributed by atoms with Crippen molar-refractivity contribution in [2.75, 3.05) is 9.62 Å². The fourth-order valence-electron chi connectivity index (χ4n) is 2.75. The molecule has 3 aromatic carbocycles. The molecule has 0 radical (unpaired) electrons. The van der Waals surface area contributed by atoms with Gasteiger partial charge in [0.2, 0.25) is 0 Å². The molecule has 8 heteroatoms. The van der Waals surface area contributed by atoms with Crippen molar-refractivity contribution in [1.82, 2.24) is 5.32 Å². The summed E-state index contributed by atoms with van der Waals surface area (Å²) in [6, 6.07) is 19.3. The van der Waals surface area contributed by atoms with Crippen molar-refractivity contribution >= 4 is 52.1 Å². The first kappa shape index (κ1) is 21.9. The van der Waals surface area contributed by atoms with E-state index in [4.69, 9.17) is 0 Å². The third-order valence-electron chi connectivity index (χ3n) is 4.37. The van der Waals surface area contributed by atoms with Crippen molar-refractivity contribution in [3.05, 3.63) is 94.2 Å². The van der Waals surface area contributed by atoms with Gasteiger partial charge in [-0.3, -0.25) is 4.79 Å². The van der Waals surface area contributed by atoms with Crippen LogP contribution in [0.2, 0.25) is 0 Å². The highest BCUT2D eigenvalue weighted by Crippen LogP contribution is 2.22. The van der Waals surface area contributed by atoms with Crippen molar-refractivity contribution < 1.29 is 14.0 Å². The third-order valence-corrected chi connectivity index (χ3v) is 5.28. The molecule has 0 saturated carbocycles. The fraction of sp³-hybridized carbons (Fsp3) is 0.0909. The fourth-order valence-corrected chi connectivity index (χ4v) is 3.36. The molecule has 1 atom stereocenters. The number of hydrogen-bond donors (Lipinski definition) is 3. The molecule has 0 spiro atoms. The van der Waals surface area contributed by atoms with Crippen LogP contribution in [0.25, 0.3) is 0 Å². The summed E-state index contributed by atoms with van der Waals surface area (Å²) in [6.45, 7) is 1.88. The Morgan fingerprint density at radius 2 is 1.73 bits per heavy atom. The van der Waals surface area contributed by atoms with E-state index in [9.17, 15) is 14.0 Å². The number of benzene rings is 3. The van der Waals surface area contributed by atoms with Crippen LogP contribution >= 0.6 is 28.7 Å². The average Bonchev–Trinajstić information content (AvgIpc) is 2.74. The molecule has 154 valence electrons. The summed E-state index contributed by atoms with van der Waals surface area (Å²) in [5.74, 6) is -1.14. The van der Waals surface area contributed by atoms with E-state index in [1.165, 1.54) is 22.5 Å². The lowest BCUT2D eigenvalue weighted by molar-refractivity contribution is 0.102. The van der Waals surface area contributed by atoms with E-state index >= 15 is 0 Å². The summed E-state index contributed by atoms with van der Waals surface area (Å²) < 4.78 is 15.8. The molecule has 2 N–H and O–H groups in total. The number of halogens is 2. The Hall–Kier alpha value is -2.84. The second kappa shape index (κ2) is 9.77. The number of nitrogens with zero attached hydrogens (tertiary/aromatic N) is 1. The first-order valence-electron chi connectivity index (χ1n) is 9.06. The number of rotatable bonds is 5. The summed E-state index contributed by atoms with van der Waals surface area (Å²) >= 11 is 7.69. The summed E-state index contributed by atoms with van der Waals surface area (Å²) in [7, 11) is 0. The van der Waals surface area contributed by atoms with Gasteiger partial charge >= 0.3 is 6.03 Å². The molecule has 0 aliphatic heterocycles. The number of amides is 3.